The summed E-state index contributed by atoms with van der Waals surface area (Å²) >= 11 is 0. The molecule has 1 aromatic carbocycles. The van der Waals surface area contributed by atoms with E-state index in [4.69, 9.17) is 0 Å². The highest BCUT2D eigenvalue weighted by molar-refractivity contribution is 5.64. The van der Waals surface area contributed by atoms with Gasteiger partial charge in [0, 0.05) is 18.2 Å². The lowest BCUT2D eigenvalue weighted by molar-refractivity contribution is 0.431. The van der Waals surface area contributed by atoms with E-state index in [0.29, 0.717) is 11.6 Å². The first-order valence-corrected chi connectivity index (χ1v) is 5.29. The molecule has 74 valence electrons. The van der Waals surface area contributed by atoms with Gasteiger partial charge >= 0.3 is 0 Å². The molecule has 0 radical (unpaired) electrons. The van der Waals surface area contributed by atoms with Crippen LogP contribution in [0.4, 0.5) is 5.69 Å². The lowest BCUT2D eigenvalue weighted by atomic mass is 9.81. The second-order valence-corrected chi connectivity index (χ2v) is 4.65. The first-order chi connectivity index (χ1) is 6.73. The van der Waals surface area contributed by atoms with E-state index < -0.39 is 0 Å². The van der Waals surface area contributed by atoms with Gasteiger partial charge in [0.15, 0.2) is 0 Å². The molecule has 0 aromatic heterocycles. The van der Waals surface area contributed by atoms with Crippen molar-refractivity contribution in [3.8, 4) is 0 Å². The molecule has 2 nitrogen and oxygen atoms in total. The van der Waals surface area contributed by atoms with E-state index in [1.165, 1.54) is 17.7 Å². The van der Waals surface area contributed by atoms with Crippen LogP contribution in [-0.4, -0.2) is 19.8 Å². The maximum Gasteiger partial charge on any atom is 0.0889 e. The van der Waals surface area contributed by atoms with Crippen molar-refractivity contribution in [2.45, 2.75) is 24.9 Å². The first kappa shape index (κ1) is 8.30. The summed E-state index contributed by atoms with van der Waals surface area (Å²) in [4.78, 5) is 2.38. The Kier molecular flexibility index (Phi) is 1.49. The Labute approximate surface area is 84.9 Å². The molecular weight excluding hydrogens is 172 g/mol. The standard InChI is InChI=1S/C12H16N2/c1-12-7-8-13-11(12)14(2)10-6-4-3-5-9(10)12/h3-6,11,13H,7-8H2,1-2H3/t11?,12-/m1/s1. The third kappa shape index (κ3) is 0.800. The van der Waals surface area contributed by atoms with Crippen LogP contribution < -0.4 is 10.2 Å². The Morgan fingerprint density at radius 1 is 1.43 bits per heavy atom. The second-order valence-electron chi connectivity index (χ2n) is 4.65. The Hall–Kier alpha value is -1.02. The fourth-order valence-electron chi connectivity index (χ4n) is 3.08. The van der Waals surface area contributed by atoms with E-state index in [1.54, 1.807) is 0 Å². The van der Waals surface area contributed by atoms with Crippen LogP contribution in [-0.2, 0) is 5.41 Å². The summed E-state index contributed by atoms with van der Waals surface area (Å²) in [7, 11) is 2.19. The van der Waals surface area contributed by atoms with E-state index in [2.05, 4.69) is 48.5 Å². The van der Waals surface area contributed by atoms with Gasteiger partial charge in [-0.15, -0.1) is 0 Å². The summed E-state index contributed by atoms with van der Waals surface area (Å²) in [5.41, 5.74) is 3.23. The number of nitrogens with zero attached hydrogens (tertiary/aromatic N) is 1. The predicted molar refractivity (Wildman–Crippen MR) is 58.6 cm³/mol. The Morgan fingerprint density at radius 2 is 2.21 bits per heavy atom. The molecule has 2 aliphatic rings. The van der Waals surface area contributed by atoms with Gasteiger partial charge in [0.1, 0.15) is 0 Å². The van der Waals surface area contributed by atoms with Gasteiger partial charge in [-0.3, -0.25) is 5.32 Å². The summed E-state index contributed by atoms with van der Waals surface area (Å²) < 4.78 is 0. The van der Waals surface area contributed by atoms with Gasteiger partial charge in [0.05, 0.1) is 6.17 Å². The summed E-state index contributed by atoms with van der Waals surface area (Å²) in [5.74, 6) is 0. The highest BCUT2D eigenvalue weighted by Gasteiger charge is 2.48. The van der Waals surface area contributed by atoms with Crippen molar-refractivity contribution in [3.63, 3.8) is 0 Å². The molecule has 0 amide bonds. The highest BCUT2D eigenvalue weighted by atomic mass is 15.3. The van der Waals surface area contributed by atoms with Crippen molar-refractivity contribution in [2.24, 2.45) is 0 Å². The number of likely N-dealkylation sites (N-methyl/N-ethyl adjacent to an activating group) is 1. The van der Waals surface area contributed by atoms with E-state index in [0.717, 1.165) is 6.54 Å². The Balaban J connectivity index is 2.21. The van der Waals surface area contributed by atoms with Gasteiger partial charge in [-0.05, 0) is 24.6 Å². The van der Waals surface area contributed by atoms with E-state index >= 15 is 0 Å². The normalized spacial score (nSPS) is 34.4. The third-order valence-electron chi connectivity index (χ3n) is 3.87. The number of hydrogen-bond acceptors (Lipinski definition) is 2. The SMILES string of the molecule is CN1c2ccccc2[C@@]2(C)CCNC12. The number of benzene rings is 1. The topological polar surface area (TPSA) is 15.3 Å². The number of nitrogens with one attached hydrogen (secondary N) is 1. The summed E-state index contributed by atoms with van der Waals surface area (Å²) in [6.45, 7) is 3.51. The molecule has 0 spiro atoms. The minimum atomic E-state index is 0.325. The van der Waals surface area contributed by atoms with Gasteiger partial charge in [-0.1, -0.05) is 25.1 Å². The maximum absolute atomic E-state index is 3.58. The fourth-order valence-corrected chi connectivity index (χ4v) is 3.08. The van der Waals surface area contributed by atoms with Crippen LogP contribution in [0.25, 0.3) is 0 Å². The lowest BCUT2D eigenvalue weighted by Crippen LogP contribution is -2.44. The van der Waals surface area contributed by atoms with Crippen LogP contribution in [0.1, 0.15) is 18.9 Å². The van der Waals surface area contributed by atoms with Gasteiger partial charge in [-0.2, -0.15) is 0 Å². The molecule has 1 saturated heterocycles. The Bertz CT molecular complexity index is 374. The molecule has 0 aliphatic carbocycles. The fraction of sp³-hybridized carbons (Fsp3) is 0.500. The van der Waals surface area contributed by atoms with Crippen LogP contribution >= 0.6 is 0 Å². The minimum Gasteiger partial charge on any atom is -0.358 e. The molecule has 1 aromatic rings. The molecule has 2 atom stereocenters. The molecule has 2 aliphatic heterocycles. The summed E-state index contributed by atoms with van der Waals surface area (Å²) in [6, 6.07) is 8.78. The largest absolute Gasteiger partial charge is 0.358 e. The smallest absolute Gasteiger partial charge is 0.0889 e. The van der Waals surface area contributed by atoms with Crippen molar-refractivity contribution in [1.82, 2.24) is 5.32 Å². The molecule has 2 heterocycles. The predicted octanol–water partition coefficient (Wildman–Crippen LogP) is 1.71. The monoisotopic (exact) mass is 188 g/mol. The van der Waals surface area contributed by atoms with E-state index in [-0.39, 0.29) is 0 Å². The molecule has 3 rings (SSSR count). The zero-order valence-corrected chi connectivity index (χ0v) is 8.75. The zero-order valence-electron chi connectivity index (χ0n) is 8.75. The number of anilines is 1. The lowest BCUT2D eigenvalue weighted by Gasteiger charge is -2.27. The van der Waals surface area contributed by atoms with Crippen molar-refractivity contribution in [3.05, 3.63) is 29.8 Å². The van der Waals surface area contributed by atoms with Gasteiger partial charge in [0.2, 0.25) is 0 Å². The average molecular weight is 188 g/mol. The van der Waals surface area contributed by atoms with Crippen LogP contribution in [0.15, 0.2) is 24.3 Å². The maximum atomic E-state index is 3.58. The second kappa shape index (κ2) is 2.51. The van der Waals surface area contributed by atoms with E-state index in [9.17, 15) is 0 Å². The number of hydrogen-bond donors (Lipinski definition) is 1. The summed E-state index contributed by atoms with van der Waals surface area (Å²) in [5, 5.41) is 3.58. The molecule has 14 heavy (non-hydrogen) atoms. The first-order valence-electron chi connectivity index (χ1n) is 5.29. The van der Waals surface area contributed by atoms with Crippen LogP contribution in [0, 0.1) is 0 Å². The minimum absolute atomic E-state index is 0.325. The molecule has 1 N–H and O–H groups in total. The molecule has 1 fully saturated rings. The molecular formula is C12H16N2. The Morgan fingerprint density at radius 3 is 3.07 bits per heavy atom. The van der Waals surface area contributed by atoms with E-state index in [1.807, 2.05) is 0 Å². The van der Waals surface area contributed by atoms with Crippen LogP contribution in [0.5, 0.6) is 0 Å². The van der Waals surface area contributed by atoms with Crippen LogP contribution in [0.2, 0.25) is 0 Å². The third-order valence-corrected chi connectivity index (χ3v) is 3.87. The van der Waals surface area contributed by atoms with Gasteiger partial charge < -0.3 is 4.90 Å². The van der Waals surface area contributed by atoms with Crippen LogP contribution in [0.3, 0.4) is 0 Å². The van der Waals surface area contributed by atoms with Crippen molar-refractivity contribution in [1.29, 1.82) is 0 Å². The zero-order chi connectivity index (χ0) is 9.76. The van der Waals surface area contributed by atoms with Crippen molar-refractivity contribution >= 4 is 5.69 Å². The van der Waals surface area contributed by atoms with Gasteiger partial charge in [0.25, 0.3) is 0 Å². The van der Waals surface area contributed by atoms with Crippen molar-refractivity contribution < 1.29 is 0 Å². The number of fused-ring (bicyclic) bond motifs is 3. The molecule has 1 unspecified atom stereocenters. The quantitative estimate of drug-likeness (QED) is 0.667. The molecule has 0 bridgehead atoms. The van der Waals surface area contributed by atoms with Crippen molar-refractivity contribution in [2.75, 3.05) is 18.5 Å². The summed E-state index contributed by atoms with van der Waals surface area (Å²) in [6.07, 6.45) is 1.75. The average Bonchev–Trinajstić information content (AvgIpc) is 2.67. The molecule has 0 saturated carbocycles. The number of rotatable bonds is 0. The highest BCUT2D eigenvalue weighted by Crippen LogP contribution is 2.47. The number of para-hydroxylation sites is 1. The molecule has 2 heteroatoms. The van der Waals surface area contributed by atoms with Gasteiger partial charge in [-0.25, -0.2) is 0 Å².